The van der Waals surface area contributed by atoms with Gasteiger partial charge < -0.3 is 20.1 Å². The first-order chi connectivity index (χ1) is 16.3. The fraction of sp³-hybridized carbons (Fsp3) is 0.500. The molecule has 1 saturated carbocycles. The van der Waals surface area contributed by atoms with Gasteiger partial charge in [-0.3, -0.25) is 9.59 Å². The maximum atomic E-state index is 13.0. The molecule has 2 atom stereocenters. The van der Waals surface area contributed by atoms with Gasteiger partial charge in [0.15, 0.2) is 0 Å². The molecule has 2 aromatic carbocycles. The summed E-state index contributed by atoms with van der Waals surface area (Å²) in [6, 6.07) is 14.3. The lowest BCUT2D eigenvalue weighted by molar-refractivity contribution is 0.0862. The highest BCUT2D eigenvalue weighted by Gasteiger charge is 2.28. The molecule has 2 aromatic rings. The molecule has 1 aliphatic carbocycles. The summed E-state index contributed by atoms with van der Waals surface area (Å²) < 4.78 is 11.5. The van der Waals surface area contributed by atoms with Crippen molar-refractivity contribution in [3.8, 4) is 11.5 Å². The van der Waals surface area contributed by atoms with Crippen LogP contribution in [0.4, 0.5) is 0 Å². The van der Waals surface area contributed by atoms with Crippen molar-refractivity contribution >= 4 is 11.8 Å². The van der Waals surface area contributed by atoms with Gasteiger partial charge in [-0.1, -0.05) is 52.7 Å². The third-order valence-electron chi connectivity index (χ3n) is 5.76. The van der Waals surface area contributed by atoms with E-state index in [0.717, 1.165) is 25.7 Å². The maximum absolute atomic E-state index is 13.0. The molecule has 0 aromatic heterocycles. The van der Waals surface area contributed by atoms with Crippen molar-refractivity contribution in [1.82, 2.24) is 10.6 Å². The zero-order chi connectivity index (χ0) is 24.5. The van der Waals surface area contributed by atoms with Crippen LogP contribution in [0.5, 0.6) is 11.5 Å². The van der Waals surface area contributed by atoms with Crippen LogP contribution in [-0.4, -0.2) is 37.1 Å². The van der Waals surface area contributed by atoms with Gasteiger partial charge in [0.2, 0.25) is 0 Å². The van der Waals surface area contributed by atoms with Crippen LogP contribution in [0.1, 0.15) is 74.1 Å². The van der Waals surface area contributed by atoms with E-state index >= 15 is 0 Å². The normalized spacial score (nSPS) is 17.9. The van der Waals surface area contributed by atoms with Crippen LogP contribution < -0.4 is 20.1 Å². The third-order valence-corrected chi connectivity index (χ3v) is 5.76. The highest BCUT2D eigenvalue weighted by atomic mass is 16.5. The van der Waals surface area contributed by atoms with Crippen molar-refractivity contribution in [2.45, 2.75) is 65.5 Å². The molecular weight excluding hydrogens is 428 g/mol. The summed E-state index contributed by atoms with van der Waals surface area (Å²) in [4.78, 5) is 26.0. The second-order valence-electron chi connectivity index (χ2n) is 9.91. The smallest absolute Gasteiger partial charge is 0.251 e. The molecule has 1 aliphatic rings. The van der Waals surface area contributed by atoms with Gasteiger partial charge in [-0.05, 0) is 61.1 Å². The Hall–Kier alpha value is -3.02. The molecule has 2 unspecified atom stereocenters. The minimum atomic E-state index is -0.148. The standard InChI is InChI=1S/C28H38N2O4/c1-19(2)17-33-23-11-7-9-21(15-23)27(31)29-25-13-5-6-14-26(25)30-28(32)22-10-8-12-24(16-22)34-18-20(3)4/h7-12,15-16,19-20,25-26H,5-6,13-14,17-18H2,1-4H3,(H,29,31)(H,30,32). The van der Waals surface area contributed by atoms with E-state index in [1.54, 1.807) is 24.3 Å². The van der Waals surface area contributed by atoms with E-state index in [4.69, 9.17) is 9.47 Å². The lowest BCUT2D eigenvalue weighted by atomic mass is 9.89. The summed E-state index contributed by atoms with van der Waals surface area (Å²) in [7, 11) is 0. The molecule has 2 amide bonds. The molecule has 184 valence electrons. The molecule has 6 nitrogen and oxygen atoms in total. The Balaban J connectivity index is 1.62. The van der Waals surface area contributed by atoms with E-state index in [1.807, 2.05) is 24.3 Å². The SMILES string of the molecule is CC(C)COc1cccc(C(=O)NC2CCCCC2NC(=O)c2cccc(OCC(C)C)c2)c1. The fourth-order valence-electron chi connectivity index (χ4n) is 3.96. The first-order valence-electron chi connectivity index (χ1n) is 12.4. The number of ether oxygens (including phenoxy) is 2. The second-order valence-corrected chi connectivity index (χ2v) is 9.91. The lowest BCUT2D eigenvalue weighted by Crippen LogP contribution is -2.53. The molecule has 0 spiro atoms. The molecule has 0 heterocycles. The minimum absolute atomic E-state index is 0.120. The fourth-order valence-corrected chi connectivity index (χ4v) is 3.96. The molecule has 2 N–H and O–H groups in total. The number of amides is 2. The van der Waals surface area contributed by atoms with E-state index < -0.39 is 0 Å². The first-order valence-corrected chi connectivity index (χ1v) is 12.4. The van der Waals surface area contributed by atoms with Gasteiger partial charge in [-0.25, -0.2) is 0 Å². The zero-order valence-electron chi connectivity index (χ0n) is 20.8. The Morgan fingerprint density at radius 3 is 1.56 bits per heavy atom. The molecule has 0 saturated heterocycles. The Morgan fingerprint density at radius 2 is 1.18 bits per heavy atom. The van der Waals surface area contributed by atoms with Crippen molar-refractivity contribution in [3.63, 3.8) is 0 Å². The summed E-state index contributed by atoms with van der Waals surface area (Å²) in [6.07, 6.45) is 3.70. The van der Waals surface area contributed by atoms with Crippen LogP contribution in [0.15, 0.2) is 48.5 Å². The number of hydrogen-bond donors (Lipinski definition) is 2. The molecule has 0 radical (unpaired) electrons. The summed E-state index contributed by atoms with van der Waals surface area (Å²) in [5.41, 5.74) is 1.12. The molecular formula is C28H38N2O4. The van der Waals surface area contributed by atoms with Crippen molar-refractivity contribution in [3.05, 3.63) is 59.7 Å². The van der Waals surface area contributed by atoms with E-state index in [0.29, 0.717) is 47.7 Å². The minimum Gasteiger partial charge on any atom is -0.493 e. The van der Waals surface area contributed by atoms with E-state index in [2.05, 4.69) is 38.3 Å². The Kier molecular flexibility index (Phi) is 9.37. The van der Waals surface area contributed by atoms with Crippen molar-refractivity contribution in [2.24, 2.45) is 11.8 Å². The maximum Gasteiger partial charge on any atom is 0.251 e. The molecule has 0 bridgehead atoms. The summed E-state index contributed by atoms with van der Waals surface area (Å²) in [5.74, 6) is 1.90. The Labute approximate surface area is 203 Å². The number of rotatable bonds is 10. The number of hydrogen-bond acceptors (Lipinski definition) is 4. The topological polar surface area (TPSA) is 76.7 Å². The van der Waals surface area contributed by atoms with Gasteiger partial charge in [0.25, 0.3) is 11.8 Å². The van der Waals surface area contributed by atoms with Crippen LogP contribution >= 0.6 is 0 Å². The largest absolute Gasteiger partial charge is 0.493 e. The third kappa shape index (κ3) is 7.79. The van der Waals surface area contributed by atoms with Crippen LogP contribution in [-0.2, 0) is 0 Å². The van der Waals surface area contributed by atoms with Gasteiger partial charge in [0, 0.05) is 23.2 Å². The van der Waals surface area contributed by atoms with Crippen molar-refractivity contribution < 1.29 is 19.1 Å². The number of benzene rings is 2. The predicted octanol–water partition coefficient (Wildman–Crippen LogP) is 5.23. The van der Waals surface area contributed by atoms with Crippen LogP contribution in [0.3, 0.4) is 0 Å². The average molecular weight is 467 g/mol. The van der Waals surface area contributed by atoms with E-state index in [-0.39, 0.29) is 23.9 Å². The second kappa shape index (κ2) is 12.4. The van der Waals surface area contributed by atoms with Crippen molar-refractivity contribution in [2.75, 3.05) is 13.2 Å². The van der Waals surface area contributed by atoms with Gasteiger partial charge in [-0.15, -0.1) is 0 Å². The molecule has 34 heavy (non-hydrogen) atoms. The summed E-state index contributed by atoms with van der Waals surface area (Å²) >= 11 is 0. The van der Waals surface area contributed by atoms with Gasteiger partial charge in [0.05, 0.1) is 13.2 Å². The zero-order valence-corrected chi connectivity index (χ0v) is 20.8. The van der Waals surface area contributed by atoms with E-state index in [9.17, 15) is 9.59 Å². The Morgan fingerprint density at radius 1 is 0.765 bits per heavy atom. The molecule has 0 aliphatic heterocycles. The van der Waals surface area contributed by atoms with Gasteiger partial charge in [0.1, 0.15) is 11.5 Å². The highest BCUT2D eigenvalue weighted by Crippen LogP contribution is 2.21. The van der Waals surface area contributed by atoms with Crippen molar-refractivity contribution in [1.29, 1.82) is 0 Å². The Bertz CT molecular complexity index is 879. The van der Waals surface area contributed by atoms with Gasteiger partial charge >= 0.3 is 0 Å². The van der Waals surface area contributed by atoms with Crippen LogP contribution in [0.25, 0.3) is 0 Å². The first kappa shape index (κ1) is 25.6. The molecule has 1 fully saturated rings. The molecule has 3 rings (SSSR count). The predicted molar refractivity (Wildman–Crippen MR) is 135 cm³/mol. The van der Waals surface area contributed by atoms with Crippen LogP contribution in [0, 0.1) is 11.8 Å². The van der Waals surface area contributed by atoms with Gasteiger partial charge in [-0.2, -0.15) is 0 Å². The van der Waals surface area contributed by atoms with E-state index in [1.165, 1.54) is 0 Å². The quantitative estimate of drug-likeness (QED) is 0.503. The van der Waals surface area contributed by atoms with Crippen LogP contribution in [0.2, 0.25) is 0 Å². The number of nitrogens with one attached hydrogen (secondary N) is 2. The monoisotopic (exact) mass is 466 g/mol. The number of carbonyl (C=O) groups excluding carboxylic acids is 2. The average Bonchev–Trinajstić information content (AvgIpc) is 2.83. The summed E-state index contributed by atoms with van der Waals surface area (Å²) in [5, 5.41) is 6.29. The lowest BCUT2D eigenvalue weighted by Gasteiger charge is -2.33. The summed E-state index contributed by atoms with van der Waals surface area (Å²) in [6.45, 7) is 9.55. The number of carbonyl (C=O) groups is 2. The highest BCUT2D eigenvalue weighted by molar-refractivity contribution is 5.96. The molecule has 6 heteroatoms.